The third-order valence-electron chi connectivity index (χ3n) is 2.16. The van der Waals surface area contributed by atoms with Crippen molar-refractivity contribution in [1.82, 2.24) is 0 Å². The molecule has 0 aromatic heterocycles. The molecule has 0 aliphatic heterocycles. The van der Waals surface area contributed by atoms with Crippen LogP contribution in [0.4, 0.5) is 17.6 Å². The molecule has 8 heteroatoms. The van der Waals surface area contributed by atoms with Crippen molar-refractivity contribution in [2.24, 2.45) is 0 Å². The van der Waals surface area contributed by atoms with Gasteiger partial charge in [-0.1, -0.05) is 36.9 Å². The lowest BCUT2D eigenvalue weighted by Crippen LogP contribution is -2.32. The van der Waals surface area contributed by atoms with E-state index in [4.69, 9.17) is 0 Å². The van der Waals surface area contributed by atoms with Gasteiger partial charge in [0.15, 0.2) is 0 Å². The van der Waals surface area contributed by atoms with Gasteiger partial charge in [-0.2, -0.15) is 26.0 Å². The maximum atomic E-state index is 13.5. The van der Waals surface area contributed by atoms with E-state index in [1.165, 1.54) is 18.2 Å². The molecule has 0 saturated heterocycles. The Balaban J connectivity index is 2.85. The van der Waals surface area contributed by atoms with E-state index in [-0.39, 0.29) is 6.08 Å². The Bertz CT molecular complexity index is 540. The molecule has 1 aromatic rings. The Hall–Kier alpha value is -1.41. The van der Waals surface area contributed by atoms with E-state index < -0.39 is 33.5 Å². The number of rotatable bonds is 6. The molecule has 0 heterocycles. The first-order valence-electron chi connectivity index (χ1n) is 4.96. The number of halogens is 4. The molecule has 0 N–H and O–H groups in total. The van der Waals surface area contributed by atoms with Crippen LogP contribution in [0.15, 0.2) is 43.0 Å². The van der Waals surface area contributed by atoms with E-state index >= 15 is 0 Å². The van der Waals surface area contributed by atoms with Gasteiger partial charge in [0.05, 0.1) is 0 Å². The molecule has 0 fully saturated rings. The SMILES string of the molecule is C=CC(F)(F)S(=O)(=O)OCC(F)(F)c1ccccc1. The second-order valence-corrected chi connectivity index (χ2v) is 5.24. The topological polar surface area (TPSA) is 43.4 Å². The molecule has 0 saturated carbocycles. The van der Waals surface area contributed by atoms with Gasteiger partial charge in [-0.3, -0.25) is 4.18 Å². The Morgan fingerprint density at radius 1 is 1.16 bits per heavy atom. The van der Waals surface area contributed by atoms with Gasteiger partial charge in [-0.15, -0.1) is 0 Å². The molecule has 0 atom stereocenters. The number of hydrogen-bond acceptors (Lipinski definition) is 3. The van der Waals surface area contributed by atoms with E-state index in [0.717, 1.165) is 12.1 Å². The van der Waals surface area contributed by atoms with Gasteiger partial charge in [0.1, 0.15) is 6.61 Å². The highest BCUT2D eigenvalue weighted by Gasteiger charge is 2.45. The van der Waals surface area contributed by atoms with Gasteiger partial charge < -0.3 is 0 Å². The van der Waals surface area contributed by atoms with Crippen molar-refractivity contribution in [3.63, 3.8) is 0 Å². The third kappa shape index (κ3) is 3.54. The summed E-state index contributed by atoms with van der Waals surface area (Å²) in [4.78, 5) is 0. The minimum Gasteiger partial charge on any atom is -0.258 e. The molecule has 0 aliphatic carbocycles. The maximum Gasteiger partial charge on any atom is 0.388 e. The minimum atomic E-state index is -5.48. The van der Waals surface area contributed by atoms with Crippen molar-refractivity contribution in [1.29, 1.82) is 0 Å². The van der Waals surface area contributed by atoms with Crippen molar-refractivity contribution in [2.45, 2.75) is 11.2 Å². The Morgan fingerprint density at radius 2 is 1.68 bits per heavy atom. The highest BCUT2D eigenvalue weighted by molar-refractivity contribution is 7.88. The van der Waals surface area contributed by atoms with E-state index in [2.05, 4.69) is 10.8 Å². The normalized spacial score (nSPS) is 13.3. The van der Waals surface area contributed by atoms with Gasteiger partial charge >= 0.3 is 15.4 Å². The van der Waals surface area contributed by atoms with E-state index in [0.29, 0.717) is 0 Å². The average molecular weight is 298 g/mol. The molecule has 0 aliphatic rings. The monoisotopic (exact) mass is 298 g/mol. The van der Waals surface area contributed by atoms with Gasteiger partial charge in [-0.05, 0) is 6.08 Å². The Morgan fingerprint density at radius 3 is 2.16 bits per heavy atom. The van der Waals surface area contributed by atoms with Gasteiger partial charge in [0.25, 0.3) is 5.92 Å². The summed E-state index contributed by atoms with van der Waals surface area (Å²) in [6.07, 6.45) is -0.191. The lowest BCUT2D eigenvalue weighted by atomic mass is 10.1. The largest absolute Gasteiger partial charge is 0.388 e. The van der Waals surface area contributed by atoms with Gasteiger partial charge in [0, 0.05) is 5.56 Å². The van der Waals surface area contributed by atoms with Crippen molar-refractivity contribution in [3.05, 3.63) is 48.6 Å². The zero-order chi connectivity index (χ0) is 14.7. The first kappa shape index (κ1) is 15.6. The predicted octanol–water partition coefficient (Wildman–Crippen LogP) is 2.90. The van der Waals surface area contributed by atoms with Crippen molar-refractivity contribution in [2.75, 3.05) is 6.61 Å². The van der Waals surface area contributed by atoms with Gasteiger partial charge in [0.2, 0.25) is 0 Å². The molecule has 3 nitrogen and oxygen atoms in total. The summed E-state index contributed by atoms with van der Waals surface area (Å²) in [5, 5.41) is -4.42. The van der Waals surface area contributed by atoms with Crippen LogP contribution < -0.4 is 0 Å². The standard InChI is InChI=1S/C11H10F4O3S/c1-2-11(14,15)19(16,17)18-8-10(12,13)9-6-4-3-5-7-9/h2-7H,1,8H2. The number of hydrogen-bond donors (Lipinski definition) is 0. The van der Waals surface area contributed by atoms with Gasteiger partial charge in [-0.25, -0.2) is 0 Å². The number of alkyl halides is 4. The molecule has 1 aromatic carbocycles. The smallest absolute Gasteiger partial charge is 0.258 e. The highest BCUT2D eigenvalue weighted by Crippen LogP contribution is 2.31. The van der Waals surface area contributed by atoms with Crippen molar-refractivity contribution < 1.29 is 30.2 Å². The Kier molecular flexibility index (Phi) is 4.36. The minimum absolute atomic E-state index is 0.191. The lowest BCUT2D eigenvalue weighted by Gasteiger charge is -2.18. The van der Waals surface area contributed by atoms with Crippen LogP contribution in [-0.4, -0.2) is 20.3 Å². The molecule has 0 radical (unpaired) electrons. The molecular weight excluding hydrogens is 288 g/mol. The first-order valence-corrected chi connectivity index (χ1v) is 6.37. The van der Waals surface area contributed by atoms with E-state index in [1.807, 2.05) is 0 Å². The fourth-order valence-corrected chi connectivity index (χ4v) is 1.76. The fourth-order valence-electron chi connectivity index (χ4n) is 1.10. The van der Waals surface area contributed by atoms with Crippen LogP contribution in [0.5, 0.6) is 0 Å². The first-order chi connectivity index (χ1) is 8.62. The molecule has 1 rings (SSSR count). The third-order valence-corrected chi connectivity index (χ3v) is 3.42. The van der Waals surface area contributed by atoms with Crippen LogP contribution in [0.1, 0.15) is 5.56 Å². The molecule has 0 amide bonds. The quantitative estimate of drug-likeness (QED) is 0.461. The zero-order valence-electron chi connectivity index (χ0n) is 9.52. The molecule has 106 valence electrons. The van der Waals surface area contributed by atoms with Crippen LogP contribution in [-0.2, 0) is 20.2 Å². The lowest BCUT2D eigenvalue weighted by molar-refractivity contribution is -0.0483. The number of benzene rings is 1. The van der Waals surface area contributed by atoms with Crippen molar-refractivity contribution in [3.8, 4) is 0 Å². The van der Waals surface area contributed by atoms with Crippen LogP contribution in [0.3, 0.4) is 0 Å². The van der Waals surface area contributed by atoms with Crippen LogP contribution in [0, 0.1) is 0 Å². The van der Waals surface area contributed by atoms with Crippen LogP contribution in [0.25, 0.3) is 0 Å². The predicted molar refractivity (Wildman–Crippen MR) is 60.4 cm³/mol. The van der Waals surface area contributed by atoms with Crippen molar-refractivity contribution >= 4 is 10.1 Å². The maximum absolute atomic E-state index is 13.5. The molecular formula is C11H10F4O3S. The van der Waals surface area contributed by atoms with Crippen LogP contribution >= 0.6 is 0 Å². The summed E-state index contributed by atoms with van der Waals surface area (Å²) in [7, 11) is -5.48. The molecule has 0 spiro atoms. The summed E-state index contributed by atoms with van der Waals surface area (Å²) < 4.78 is 78.4. The Labute approximate surface area is 107 Å². The molecule has 0 unspecified atom stereocenters. The second-order valence-electron chi connectivity index (χ2n) is 3.55. The summed E-state index contributed by atoms with van der Waals surface area (Å²) in [6, 6.07) is 6.14. The van der Waals surface area contributed by atoms with E-state index in [9.17, 15) is 26.0 Å². The summed E-state index contributed by atoms with van der Waals surface area (Å²) in [5.41, 5.74) is -0.535. The summed E-state index contributed by atoms with van der Waals surface area (Å²) in [6.45, 7) is 0.899. The van der Waals surface area contributed by atoms with E-state index in [1.54, 1.807) is 0 Å². The average Bonchev–Trinajstić information content (AvgIpc) is 2.37. The zero-order valence-corrected chi connectivity index (χ0v) is 10.3. The summed E-state index contributed by atoms with van der Waals surface area (Å²) >= 11 is 0. The second kappa shape index (κ2) is 5.30. The molecule has 19 heavy (non-hydrogen) atoms. The molecule has 0 bridgehead atoms. The van der Waals surface area contributed by atoms with Crippen LogP contribution in [0.2, 0.25) is 0 Å². The highest BCUT2D eigenvalue weighted by atomic mass is 32.2. The fraction of sp³-hybridized carbons (Fsp3) is 0.273. The summed E-state index contributed by atoms with van der Waals surface area (Å²) in [5.74, 6) is -3.70.